The van der Waals surface area contributed by atoms with E-state index in [-0.39, 0.29) is 11.7 Å². The Morgan fingerprint density at radius 2 is 1.70 bits per heavy atom. The predicted octanol–water partition coefficient (Wildman–Crippen LogP) is 3.86. The molecular formula is C29H32FN5O2. The van der Waals surface area contributed by atoms with Crippen LogP contribution in [0.25, 0.3) is 22.3 Å². The van der Waals surface area contributed by atoms with Gasteiger partial charge < -0.3 is 20.7 Å². The number of rotatable bonds is 5. The number of ether oxygens (including phenoxy) is 1. The maximum atomic E-state index is 15.3. The summed E-state index contributed by atoms with van der Waals surface area (Å²) >= 11 is 0. The van der Waals surface area contributed by atoms with Crippen LogP contribution in [0.2, 0.25) is 0 Å². The van der Waals surface area contributed by atoms with Crippen LogP contribution >= 0.6 is 0 Å². The Balaban J connectivity index is 1.39. The number of carbonyl (C=O) groups is 1. The van der Waals surface area contributed by atoms with Crippen LogP contribution in [0.5, 0.6) is 0 Å². The molecule has 3 aliphatic heterocycles. The second kappa shape index (κ2) is 10.1. The van der Waals surface area contributed by atoms with Crippen LogP contribution in [-0.4, -0.2) is 61.7 Å². The van der Waals surface area contributed by atoms with Gasteiger partial charge in [-0.2, -0.15) is 4.39 Å². The number of nitrogens with one attached hydrogen (secondary N) is 1. The van der Waals surface area contributed by atoms with Crippen molar-refractivity contribution in [1.82, 2.24) is 15.2 Å². The van der Waals surface area contributed by atoms with Crippen LogP contribution < -0.4 is 16.0 Å². The molecule has 3 aromatic rings. The van der Waals surface area contributed by atoms with E-state index in [9.17, 15) is 4.79 Å². The molecule has 192 valence electrons. The number of fused-ring (bicyclic) bond motifs is 1. The van der Waals surface area contributed by atoms with E-state index in [4.69, 9.17) is 10.5 Å². The summed E-state index contributed by atoms with van der Waals surface area (Å²) in [7, 11) is 0. The van der Waals surface area contributed by atoms with Gasteiger partial charge in [-0.25, -0.2) is 4.98 Å². The number of benzene rings is 2. The Kier molecular flexibility index (Phi) is 6.52. The first-order valence-electron chi connectivity index (χ1n) is 13.1. The number of morpholine rings is 1. The maximum Gasteiger partial charge on any atom is 0.251 e. The first-order chi connectivity index (χ1) is 18.1. The number of anilines is 2. The summed E-state index contributed by atoms with van der Waals surface area (Å²) in [4.78, 5) is 21.1. The van der Waals surface area contributed by atoms with Crippen LogP contribution in [0.3, 0.4) is 0 Å². The Bertz CT molecular complexity index is 1330. The van der Waals surface area contributed by atoms with E-state index in [2.05, 4.69) is 32.2 Å². The van der Waals surface area contributed by atoms with E-state index < -0.39 is 5.95 Å². The van der Waals surface area contributed by atoms with Crippen molar-refractivity contribution >= 4 is 17.4 Å². The van der Waals surface area contributed by atoms with Crippen LogP contribution in [0.1, 0.15) is 34.3 Å². The fourth-order valence-corrected chi connectivity index (χ4v) is 5.71. The number of nitrogens with two attached hydrogens (primary N) is 1. The number of hydrogen-bond acceptors (Lipinski definition) is 6. The lowest BCUT2D eigenvalue weighted by Gasteiger charge is -2.32. The topological polar surface area (TPSA) is 83.7 Å². The standard InChI is InChI=1S/C29H32FN5O2/c30-27-24(17-25(28(31)33-27)20-3-5-23-21(15-20)7-8-32-29(23)36)19-4-6-26(35-11-13-37-14-12-35)22(16-19)18-34-9-1-2-10-34/h3-6,15-17H,1-2,7-14,18H2,(H2,31,33)(H,32,36). The monoisotopic (exact) mass is 501 g/mol. The van der Waals surface area contributed by atoms with Crippen LogP contribution in [-0.2, 0) is 17.7 Å². The molecule has 0 saturated carbocycles. The van der Waals surface area contributed by atoms with E-state index in [0.29, 0.717) is 36.4 Å². The van der Waals surface area contributed by atoms with E-state index >= 15 is 4.39 Å². The summed E-state index contributed by atoms with van der Waals surface area (Å²) in [5.41, 5.74) is 13.0. The Hall–Kier alpha value is -3.49. The molecule has 0 radical (unpaired) electrons. The van der Waals surface area contributed by atoms with Crippen LogP contribution in [0.15, 0.2) is 42.5 Å². The van der Waals surface area contributed by atoms with E-state index in [0.717, 1.165) is 55.8 Å². The molecule has 7 nitrogen and oxygen atoms in total. The average molecular weight is 502 g/mol. The van der Waals surface area contributed by atoms with Gasteiger partial charge in [0.25, 0.3) is 5.91 Å². The summed E-state index contributed by atoms with van der Waals surface area (Å²) in [5.74, 6) is -0.502. The molecule has 1 aromatic heterocycles. The van der Waals surface area contributed by atoms with Crippen molar-refractivity contribution in [2.24, 2.45) is 0 Å². The lowest BCUT2D eigenvalue weighted by Crippen LogP contribution is -2.37. The molecule has 37 heavy (non-hydrogen) atoms. The minimum atomic E-state index is -0.579. The normalized spacial score (nSPS) is 18.1. The predicted molar refractivity (Wildman–Crippen MR) is 143 cm³/mol. The maximum absolute atomic E-state index is 15.3. The van der Waals surface area contributed by atoms with Gasteiger partial charge >= 0.3 is 0 Å². The zero-order valence-electron chi connectivity index (χ0n) is 20.9. The third kappa shape index (κ3) is 4.79. The third-order valence-electron chi connectivity index (χ3n) is 7.68. The molecule has 2 saturated heterocycles. The van der Waals surface area contributed by atoms with Crippen molar-refractivity contribution in [3.63, 3.8) is 0 Å². The average Bonchev–Trinajstić information content (AvgIpc) is 3.42. The largest absolute Gasteiger partial charge is 0.383 e. The van der Waals surface area contributed by atoms with Crippen molar-refractivity contribution < 1.29 is 13.9 Å². The number of nitrogens with zero attached hydrogens (tertiary/aromatic N) is 3. The van der Waals surface area contributed by atoms with Gasteiger partial charge in [0.15, 0.2) is 0 Å². The van der Waals surface area contributed by atoms with Crippen LogP contribution in [0.4, 0.5) is 15.9 Å². The molecule has 0 atom stereocenters. The fraction of sp³-hybridized carbons (Fsp3) is 0.379. The molecule has 0 bridgehead atoms. The summed E-state index contributed by atoms with van der Waals surface area (Å²) in [6.07, 6.45) is 3.18. The first-order valence-corrected chi connectivity index (χ1v) is 13.1. The van der Waals surface area contributed by atoms with E-state index in [1.54, 1.807) is 6.07 Å². The van der Waals surface area contributed by atoms with Gasteiger partial charge in [0.1, 0.15) is 5.82 Å². The second-order valence-electron chi connectivity index (χ2n) is 10.1. The van der Waals surface area contributed by atoms with Crippen LogP contribution in [0, 0.1) is 5.95 Å². The lowest BCUT2D eigenvalue weighted by atomic mass is 9.93. The fourth-order valence-electron chi connectivity index (χ4n) is 5.71. The number of halogens is 1. The Morgan fingerprint density at radius 1 is 0.946 bits per heavy atom. The van der Waals surface area contributed by atoms with Gasteiger partial charge in [0.05, 0.1) is 13.2 Å². The molecule has 8 heteroatoms. The highest BCUT2D eigenvalue weighted by Crippen LogP contribution is 2.35. The van der Waals surface area contributed by atoms with E-state index in [1.807, 2.05) is 24.3 Å². The molecule has 1 amide bonds. The van der Waals surface area contributed by atoms with Gasteiger partial charge in [-0.15, -0.1) is 0 Å². The molecular weight excluding hydrogens is 469 g/mol. The van der Waals surface area contributed by atoms with Crippen molar-refractivity contribution in [2.75, 3.05) is 56.6 Å². The zero-order chi connectivity index (χ0) is 25.4. The number of nitrogen functional groups attached to an aromatic ring is 1. The number of pyridine rings is 1. The lowest BCUT2D eigenvalue weighted by molar-refractivity contribution is 0.0946. The van der Waals surface area contributed by atoms with Gasteiger partial charge in [-0.1, -0.05) is 18.2 Å². The zero-order valence-corrected chi connectivity index (χ0v) is 20.9. The number of aromatic nitrogens is 1. The molecule has 2 fully saturated rings. The minimum absolute atomic E-state index is 0.0652. The van der Waals surface area contributed by atoms with Crippen molar-refractivity contribution in [3.8, 4) is 22.3 Å². The van der Waals surface area contributed by atoms with Gasteiger partial charge in [-0.05, 0) is 78.9 Å². The first kappa shape index (κ1) is 23.9. The molecule has 0 spiro atoms. The molecule has 3 aliphatic rings. The third-order valence-corrected chi connectivity index (χ3v) is 7.68. The molecule has 3 N–H and O–H groups in total. The highest BCUT2D eigenvalue weighted by Gasteiger charge is 2.22. The van der Waals surface area contributed by atoms with Crippen molar-refractivity contribution in [2.45, 2.75) is 25.8 Å². The molecule has 2 aromatic carbocycles. The van der Waals surface area contributed by atoms with Gasteiger partial charge in [-0.3, -0.25) is 9.69 Å². The molecule has 6 rings (SSSR count). The van der Waals surface area contributed by atoms with Gasteiger partial charge in [0, 0.05) is 48.6 Å². The SMILES string of the molecule is Nc1nc(F)c(-c2ccc(N3CCOCC3)c(CN3CCCC3)c2)cc1-c1ccc2c(c1)CCNC2=O. The summed E-state index contributed by atoms with van der Waals surface area (Å²) < 4.78 is 20.8. The summed E-state index contributed by atoms with van der Waals surface area (Å²) in [5, 5.41) is 2.87. The number of likely N-dealkylation sites (tertiary alicyclic amines) is 1. The number of carbonyl (C=O) groups excluding carboxylic acids is 1. The Morgan fingerprint density at radius 3 is 2.51 bits per heavy atom. The quantitative estimate of drug-likeness (QED) is 0.517. The summed E-state index contributed by atoms with van der Waals surface area (Å²) in [6.45, 7) is 6.75. The second-order valence-corrected chi connectivity index (χ2v) is 10.1. The smallest absolute Gasteiger partial charge is 0.251 e. The Labute approximate surface area is 216 Å². The van der Waals surface area contributed by atoms with E-state index in [1.165, 1.54) is 24.1 Å². The molecule has 0 aliphatic carbocycles. The molecule has 0 unspecified atom stereocenters. The van der Waals surface area contributed by atoms with Crippen molar-refractivity contribution in [3.05, 3.63) is 65.1 Å². The number of hydrogen-bond donors (Lipinski definition) is 2. The highest BCUT2D eigenvalue weighted by molar-refractivity contribution is 5.97. The van der Waals surface area contributed by atoms with Crippen molar-refractivity contribution in [1.29, 1.82) is 0 Å². The highest BCUT2D eigenvalue weighted by atomic mass is 19.1. The number of amides is 1. The summed E-state index contributed by atoms with van der Waals surface area (Å²) in [6, 6.07) is 13.6. The minimum Gasteiger partial charge on any atom is -0.383 e. The van der Waals surface area contributed by atoms with Gasteiger partial charge in [0.2, 0.25) is 5.95 Å². The molecule has 4 heterocycles.